The van der Waals surface area contributed by atoms with Gasteiger partial charge in [-0.05, 0) is 133 Å². The Labute approximate surface area is 559 Å². The minimum absolute atomic E-state index is 0.0230. The summed E-state index contributed by atoms with van der Waals surface area (Å²) in [5, 5.41) is 2.85. The Morgan fingerprint density at radius 2 is 0.542 bits per heavy atom. The van der Waals surface area contributed by atoms with Gasteiger partial charge < -0.3 is 0 Å². The van der Waals surface area contributed by atoms with Gasteiger partial charge in [-0.3, -0.25) is 9.05 Å². The first kappa shape index (κ1) is 65.2. The molecule has 2 aliphatic rings. The van der Waals surface area contributed by atoms with Crippen LogP contribution in [0.2, 0.25) is 0 Å². The van der Waals surface area contributed by atoms with Gasteiger partial charge >= 0.3 is 15.3 Å². The van der Waals surface area contributed by atoms with Crippen LogP contribution in [0, 0.1) is 27.7 Å². The van der Waals surface area contributed by atoms with E-state index in [4.69, 9.17) is 9.05 Å². The van der Waals surface area contributed by atoms with Crippen LogP contribution in [0.25, 0.3) is 43.8 Å². The SMILES string of the molecule is Cc1ccc(S(=O)(=O)N2c3ccc4ccccc4c3-c3c(ccc4ccccc34)N(S(=O)(=O)c3ccc(C)cc3)P2(=O)OCc2ccccc2)cc1.Cc1ccc(S(=O)(=O)N2c3ccccc3-c3ccccc3N(S(=O)(=O)c3ccc(C)cc3)P2(=O)OCc2ccccc2)cc1. The first-order valence-electron chi connectivity index (χ1n) is 30.3. The quantitative estimate of drug-likeness (QED) is 0.0934. The van der Waals surface area contributed by atoms with E-state index in [1.807, 2.05) is 82.3 Å². The number of nitrogens with zero attached hydrogens (tertiary/aromatic N) is 4. The van der Waals surface area contributed by atoms with Crippen molar-refractivity contribution in [2.75, 3.05) is 16.3 Å². The van der Waals surface area contributed by atoms with Crippen LogP contribution in [0.15, 0.2) is 299 Å². The number of rotatable bonds is 14. The summed E-state index contributed by atoms with van der Waals surface area (Å²) in [7, 11) is -29.4. The Morgan fingerprint density at radius 3 is 0.854 bits per heavy atom. The topological polar surface area (TPSA) is 202 Å². The van der Waals surface area contributed by atoms with Crippen molar-refractivity contribution in [1.29, 1.82) is 0 Å². The van der Waals surface area contributed by atoms with E-state index in [0.717, 1.165) is 41.2 Å². The lowest BCUT2D eigenvalue weighted by molar-refractivity contribution is 0.303. The van der Waals surface area contributed by atoms with Crippen LogP contribution in [0.3, 0.4) is 0 Å². The maximum absolute atomic E-state index is 16.5. The molecule has 0 aromatic heterocycles. The molecule has 0 radical (unpaired) electrons. The smallest absolute Gasteiger partial charge is 0.291 e. The molecule has 0 spiro atoms. The molecular weight excluding hydrogens is 1330 g/mol. The molecule has 96 heavy (non-hydrogen) atoms. The molecule has 0 bridgehead atoms. The van der Waals surface area contributed by atoms with E-state index in [0.29, 0.717) is 52.3 Å². The van der Waals surface area contributed by atoms with Crippen molar-refractivity contribution in [3.05, 3.63) is 312 Å². The standard InChI is InChI=1S/C41H33N2O6PS2.C33H29N2O6PS2/c1-29-16-22-34(23-17-29)51(45,46)42-38-26-20-32-12-6-8-14-36(32)40(38)41-37-15-9-7-13-33(37)21-27-39(41)43(52(47,48)35-24-18-30(2)19-25-35)50(42,44)49-28-31-10-4-3-5-11-31;1-25-16-20-28(21-17-25)43(37,38)34-32-14-8-6-12-30(32)31-13-7-9-15-33(31)35(44(39,40)29-22-18-26(2)19-23-29)42(34,36)41-24-27-10-4-3-5-11-27/h3-27H,28H2,1-2H3;3-23H,24H2,1-2H3. The van der Waals surface area contributed by atoms with E-state index in [1.54, 1.807) is 164 Å². The molecule has 0 unspecified atom stereocenters. The van der Waals surface area contributed by atoms with Gasteiger partial charge in [0.2, 0.25) is 0 Å². The summed E-state index contributed by atoms with van der Waals surface area (Å²) >= 11 is 0. The maximum atomic E-state index is 16.5. The fraction of sp³-hybridized carbons (Fsp3) is 0.0811. The number of fused-ring (bicyclic) bond motifs is 10. The Kier molecular flexibility index (Phi) is 17.4. The Morgan fingerprint density at radius 1 is 0.281 bits per heavy atom. The molecule has 16 nitrogen and oxygen atoms in total. The molecular formula is C74H62N4O12P2S4. The van der Waals surface area contributed by atoms with Gasteiger partial charge in [-0.2, -0.15) is 16.3 Å². The zero-order valence-corrected chi connectivity index (χ0v) is 57.2. The molecule has 2 aliphatic heterocycles. The highest BCUT2D eigenvalue weighted by molar-refractivity contribution is 8.07. The van der Waals surface area contributed by atoms with Gasteiger partial charge in [0.1, 0.15) is 0 Å². The number of anilines is 4. The minimum Gasteiger partial charge on any atom is -0.291 e. The molecule has 2 heterocycles. The summed E-state index contributed by atoms with van der Waals surface area (Å²) in [6, 6.07) is 76.7. The number of hydrogen-bond donors (Lipinski definition) is 0. The van der Waals surface area contributed by atoms with Gasteiger partial charge in [0.15, 0.2) is 0 Å². The molecule has 0 N–H and O–H groups in total. The van der Waals surface area contributed by atoms with Gasteiger partial charge in [-0.15, -0.1) is 0 Å². The molecule has 0 aliphatic carbocycles. The van der Waals surface area contributed by atoms with Crippen molar-refractivity contribution in [2.45, 2.75) is 60.5 Å². The highest BCUT2D eigenvalue weighted by Crippen LogP contribution is 2.69. The predicted octanol–water partition coefficient (Wildman–Crippen LogP) is 17.7. The number of aryl methyl sites for hydroxylation is 4. The van der Waals surface area contributed by atoms with Crippen LogP contribution in [-0.4, -0.2) is 33.7 Å². The van der Waals surface area contributed by atoms with E-state index >= 15 is 26.0 Å². The van der Waals surface area contributed by atoms with Crippen LogP contribution < -0.4 is 16.3 Å². The first-order chi connectivity index (χ1) is 46.0. The van der Waals surface area contributed by atoms with E-state index in [9.17, 15) is 16.8 Å². The average molecular weight is 1390 g/mol. The number of hydrogen-bond acceptors (Lipinski definition) is 12. The predicted molar refractivity (Wildman–Crippen MR) is 380 cm³/mol. The summed E-state index contributed by atoms with van der Waals surface area (Å²) in [5.74, 6) is 0. The maximum Gasteiger partial charge on any atom is 0.425 e. The van der Waals surface area contributed by atoms with Crippen LogP contribution >= 0.6 is 15.3 Å². The Balaban J connectivity index is 0.000000176. The third kappa shape index (κ3) is 11.7. The van der Waals surface area contributed by atoms with Gasteiger partial charge in [0, 0.05) is 22.3 Å². The summed E-state index contributed by atoms with van der Waals surface area (Å²) in [4.78, 5) is -0.686. The Hall–Kier alpha value is -9.46. The van der Waals surface area contributed by atoms with Crippen molar-refractivity contribution in [3.63, 3.8) is 0 Å². The van der Waals surface area contributed by atoms with E-state index < -0.39 is 55.4 Å². The van der Waals surface area contributed by atoms with E-state index in [2.05, 4.69) is 0 Å². The molecule has 22 heteroatoms. The number of sulfonamides is 4. The largest absolute Gasteiger partial charge is 0.425 e. The van der Waals surface area contributed by atoms with Crippen LogP contribution in [0.4, 0.5) is 22.7 Å². The fourth-order valence-corrected chi connectivity index (χ4v) is 26.5. The second-order valence-corrected chi connectivity index (χ2v) is 35.4. The fourth-order valence-electron chi connectivity index (χ4n) is 11.8. The first-order valence-corrected chi connectivity index (χ1v) is 39.1. The summed E-state index contributed by atoms with van der Waals surface area (Å²) in [6.07, 6.45) is 0. The van der Waals surface area contributed by atoms with E-state index in [-0.39, 0.29) is 55.5 Å². The van der Waals surface area contributed by atoms with Gasteiger partial charge in [-0.25, -0.2) is 42.8 Å². The molecule has 12 aromatic rings. The number of para-hydroxylation sites is 2. The lowest BCUT2D eigenvalue weighted by atomic mass is 9.91. The lowest BCUT2D eigenvalue weighted by Gasteiger charge is -2.37. The summed E-state index contributed by atoms with van der Waals surface area (Å²) < 4.78 is 168. The van der Waals surface area contributed by atoms with Crippen molar-refractivity contribution in [3.8, 4) is 22.3 Å². The second-order valence-electron chi connectivity index (χ2n) is 23.1. The van der Waals surface area contributed by atoms with Gasteiger partial charge in [0.25, 0.3) is 40.1 Å². The van der Waals surface area contributed by atoms with Crippen molar-refractivity contribution < 1.29 is 51.8 Å². The lowest BCUT2D eigenvalue weighted by Crippen LogP contribution is -2.39. The Bertz CT molecular complexity index is 5270. The van der Waals surface area contributed by atoms with Crippen LogP contribution in [0.1, 0.15) is 33.4 Å². The number of benzene rings is 12. The molecule has 0 fully saturated rings. The van der Waals surface area contributed by atoms with Crippen LogP contribution in [-0.2, 0) is 71.5 Å². The molecule has 12 aromatic carbocycles. The normalized spacial score (nSPS) is 14.3. The average Bonchev–Trinajstić information content (AvgIpc) is 1.23. The minimum atomic E-state index is -5.27. The highest BCUT2D eigenvalue weighted by Gasteiger charge is 2.57. The third-order valence-corrected chi connectivity index (χ3v) is 31.3. The molecule has 0 atom stereocenters. The summed E-state index contributed by atoms with van der Waals surface area (Å²) in [6.45, 7) is 6.60. The van der Waals surface area contributed by atoms with Crippen molar-refractivity contribution in [1.82, 2.24) is 0 Å². The van der Waals surface area contributed by atoms with Gasteiger partial charge in [-0.1, -0.05) is 229 Å². The second kappa shape index (κ2) is 25.6. The highest BCUT2D eigenvalue weighted by atomic mass is 32.2. The van der Waals surface area contributed by atoms with Crippen molar-refractivity contribution in [2.24, 2.45) is 0 Å². The monoisotopic (exact) mass is 1390 g/mol. The zero-order chi connectivity index (χ0) is 67.4. The van der Waals surface area contributed by atoms with Gasteiger partial charge in [0.05, 0.1) is 55.5 Å². The van der Waals surface area contributed by atoms with Crippen molar-refractivity contribution >= 4 is 99.7 Å². The third-order valence-electron chi connectivity index (χ3n) is 16.6. The molecule has 14 rings (SSSR count). The van der Waals surface area contributed by atoms with Crippen LogP contribution in [0.5, 0.6) is 0 Å². The molecule has 0 amide bonds. The molecule has 484 valence electrons. The van der Waals surface area contributed by atoms with E-state index in [1.165, 1.54) is 60.7 Å². The molecule has 0 saturated heterocycles. The molecule has 0 saturated carbocycles. The zero-order valence-electron chi connectivity index (χ0n) is 52.2. The summed E-state index contributed by atoms with van der Waals surface area (Å²) in [5.41, 5.74) is 6.08.